The smallest absolute Gasteiger partial charge is 0.291 e. The van der Waals surface area contributed by atoms with Crippen LogP contribution in [0.25, 0.3) is 22.6 Å². The second-order valence-electron chi connectivity index (χ2n) is 5.48. The average molecular weight is 369 g/mol. The van der Waals surface area contributed by atoms with E-state index in [1.807, 2.05) is 6.07 Å². The first-order chi connectivity index (χ1) is 12.6. The minimum absolute atomic E-state index is 0.235. The van der Waals surface area contributed by atoms with Crippen LogP contribution in [0.4, 0.5) is 5.69 Å². The summed E-state index contributed by atoms with van der Waals surface area (Å²) < 4.78 is 16.0. The van der Waals surface area contributed by atoms with Gasteiger partial charge in [-0.05, 0) is 48.5 Å². The Morgan fingerprint density at radius 3 is 2.81 bits per heavy atom. The van der Waals surface area contributed by atoms with Gasteiger partial charge in [0.15, 0.2) is 11.3 Å². The maximum atomic E-state index is 12.1. The fraction of sp³-hybridized carbons (Fsp3) is 0.0526. The van der Waals surface area contributed by atoms with Crippen LogP contribution in [0.5, 0.6) is 5.75 Å². The van der Waals surface area contributed by atoms with Gasteiger partial charge in [-0.1, -0.05) is 11.6 Å². The normalized spacial score (nSPS) is 10.8. The minimum atomic E-state index is -0.333. The average Bonchev–Trinajstić information content (AvgIpc) is 3.31. The number of halogens is 1. The molecular weight excluding hydrogens is 356 g/mol. The van der Waals surface area contributed by atoms with Crippen molar-refractivity contribution < 1.29 is 18.4 Å². The molecule has 26 heavy (non-hydrogen) atoms. The predicted octanol–water partition coefficient (Wildman–Crippen LogP) is 5.00. The summed E-state index contributed by atoms with van der Waals surface area (Å²) in [5.41, 5.74) is 2.53. The summed E-state index contributed by atoms with van der Waals surface area (Å²) in [6.45, 7) is 0. The second-order valence-corrected chi connectivity index (χ2v) is 5.89. The largest absolute Gasteiger partial charge is 0.495 e. The Morgan fingerprint density at radius 1 is 1.19 bits per heavy atom. The molecule has 2 heterocycles. The Bertz CT molecular complexity index is 1090. The molecule has 0 bridgehead atoms. The molecule has 0 saturated carbocycles. The molecule has 6 nitrogen and oxygen atoms in total. The number of hydrogen-bond donors (Lipinski definition) is 1. The van der Waals surface area contributed by atoms with Crippen molar-refractivity contribution >= 4 is 34.3 Å². The molecule has 0 radical (unpaired) electrons. The van der Waals surface area contributed by atoms with Gasteiger partial charge in [-0.3, -0.25) is 4.79 Å². The molecule has 1 amide bonds. The van der Waals surface area contributed by atoms with Gasteiger partial charge in [0.2, 0.25) is 5.89 Å². The van der Waals surface area contributed by atoms with Crippen molar-refractivity contribution in [3.63, 3.8) is 0 Å². The minimum Gasteiger partial charge on any atom is -0.495 e. The number of benzene rings is 2. The molecule has 1 N–H and O–H groups in total. The molecule has 7 heteroatoms. The first kappa shape index (κ1) is 16.2. The summed E-state index contributed by atoms with van der Waals surface area (Å²) in [5.74, 6) is 0.910. The number of aromatic nitrogens is 1. The summed E-state index contributed by atoms with van der Waals surface area (Å²) in [6, 6.07) is 13.8. The lowest BCUT2D eigenvalue weighted by atomic mass is 10.2. The van der Waals surface area contributed by atoms with E-state index in [9.17, 15) is 4.79 Å². The van der Waals surface area contributed by atoms with Crippen molar-refractivity contribution in [3.8, 4) is 17.2 Å². The van der Waals surface area contributed by atoms with E-state index in [0.717, 1.165) is 5.56 Å². The van der Waals surface area contributed by atoms with Crippen LogP contribution >= 0.6 is 11.6 Å². The third-order valence-corrected chi connectivity index (χ3v) is 4.08. The Balaban J connectivity index is 1.63. The molecular formula is C19H13ClN2O4. The maximum Gasteiger partial charge on any atom is 0.291 e. The Hall–Kier alpha value is -3.25. The first-order valence-corrected chi connectivity index (χ1v) is 8.11. The zero-order valence-corrected chi connectivity index (χ0v) is 14.4. The molecule has 0 spiro atoms. The van der Waals surface area contributed by atoms with Crippen LogP contribution in [-0.2, 0) is 0 Å². The molecule has 0 unspecified atom stereocenters. The van der Waals surface area contributed by atoms with Crippen molar-refractivity contribution in [2.45, 2.75) is 0 Å². The van der Waals surface area contributed by atoms with Gasteiger partial charge in [-0.15, -0.1) is 0 Å². The Labute approximate surface area is 153 Å². The van der Waals surface area contributed by atoms with Gasteiger partial charge in [-0.2, -0.15) is 0 Å². The first-order valence-electron chi connectivity index (χ1n) is 7.73. The number of carbonyl (C=O) groups is 1. The van der Waals surface area contributed by atoms with E-state index in [1.165, 1.54) is 6.26 Å². The fourth-order valence-corrected chi connectivity index (χ4v) is 2.79. The molecule has 0 aliphatic heterocycles. The summed E-state index contributed by atoms with van der Waals surface area (Å²) in [6.07, 6.45) is 1.45. The van der Waals surface area contributed by atoms with E-state index in [1.54, 1.807) is 49.6 Å². The topological polar surface area (TPSA) is 77.5 Å². The van der Waals surface area contributed by atoms with Crippen molar-refractivity contribution in [2.24, 2.45) is 0 Å². The van der Waals surface area contributed by atoms with Crippen LogP contribution in [0.1, 0.15) is 10.6 Å². The van der Waals surface area contributed by atoms with Gasteiger partial charge >= 0.3 is 0 Å². The van der Waals surface area contributed by atoms with Crippen LogP contribution in [-0.4, -0.2) is 18.0 Å². The molecule has 2 aromatic heterocycles. The van der Waals surface area contributed by atoms with Crippen LogP contribution < -0.4 is 10.1 Å². The number of amides is 1. The Morgan fingerprint density at radius 2 is 2.08 bits per heavy atom. The van der Waals surface area contributed by atoms with Crippen molar-refractivity contribution in [1.29, 1.82) is 0 Å². The van der Waals surface area contributed by atoms with Gasteiger partial charge in [0, 0.05) is 11.3 Å². The number of hydrogen-bond acceptors (Lipinski definition) is 5. The predicted molar refractivity (Wildman–Crippen MR) is 97.7 cm³/mol. The number of anilines is 1. The van der Waals surface area contributed by atoms with Crippen LogP contribution in [0, 0.1) is 0 Å². The van der Waals surface area contributed by atoms with Crippen LogP contribution in [0.3, 0.4) is 0 Å². The Kier molecular flexibility index (Phi) is 4.10. The van der Waals surface area contributed by atoms with Crippen molar-refractivity contribution in [2.75, 3.05) is 12.4 Å². The molecule has 2 aromatic carbocycles. The summed E-state index contributed by atoms with van der Waals surface area (Å²) in [7, 11) is 1.55. The van der Waals surface area contributed by atoms with Gasteiger partial charge in [-0.25, -0.2) is 4.98 Å². The van der Waals surface area contributed by atoms with Gasteiger partial charge in [0.1, 0.15) is 11.3 Å². The lowest BCUT2D eigenvalue weighted by molar-refractivity contribution is 0.0996. The molecule has 4 rings (SSSR count). The molecule has 0 saturated heterocycles. The molecule has 4 aromatic rings. The number of oxazole rings is 1. The van der Waals surface area contributed by atoms with Crippen LogP contribution in [0.15, 0.2) is 63.6 Å². The number of rotatable bonds is 4. The molecule has 0 atom stereocenters. The van der Waals surface area contributed by atoms with Crippen molar-refractivity contribution in [3.05, 3.63) is 65.6 Å². The van der Waals surface area contributed by atoms with E-state index in [0.29, 0.717) is 33.4 Å². The summed E-state index contributed by atoms with van der Waals surface area (Å²) in [4.78, 5) is 16.5. The number of nitrogens with zero attached hydrogens (tertiary/aromatic N) is 1. The van der Waals surface area contributed by atoms with Gasteiger partial charge in [0.05, 0.1) is 18.4 Å². The fourth-order valence-electron chi connectivity index (χ4n) is 2.53. The third kappa shape index (κ3) is 3.02. The molecule has 0 aliphatic carbocycles. The second kappa shape index (κ2) is 6.57. The molecule has 130 valence electrons. The van der Waals surface area contributed by atoms with E-state index in [-0.39, 0.29) is 11.7 Å². The molecule has 0 aliphatic rings. The van der Waals surface area contributed by atoms with E-state index in [4.69, 9.17) is 25.2 Å². The zero-order chi connectivity index (χ0) is 18.1. The summed E-state index contributed by atoms with van der Waals surface area (Å²) >= 11 is 6.16. The standard InChI is InChI=1S/C19H13ClN2O4/c1-24-15-6-4-11(9-13(15)20)19-22-14-10-12(5-7-16(14)26-19)21-18(23)17-3-2-8-25-17/h2-10H,1H3,(H,21,23). The SMILES string of the molecule is COc1ccc(-c2nc3cc(NC(=O)c4ccco4)ccc3o2)cc1Cl. The molecule has 0 fully saturated rings. The van der Waals surface area contributed by atoms with E-state index >= 15 is 0 Å². The monoisotopic (exact) mass is 368 g/mol. The highest BCUT2D eigenvalue weighted by Gasteiger charge is 2.13. The highest BCUT2D eigenvalue weighted by molar-refractivity contribution is 6.32. The zero-order valence-electron chi connectivity index (χ0n) is 13.7. The van der Waals surface area contributed by atoms with Crippen molar-refractivity contribution in [1.82, 2.24) is 4.98 Å². The number of fused-ring (bicyclic) bond motifs is 1. The quantitative estimate of drug-likeness (QED) is 0.548. The van der Waals surface area contributed by atoms with Crippen LogP contribution in [0.2, 0.25) is 5.02 Å². The lowest BCUT2D eigenvalue weighted by Gasteiger charge is -2.03. The number of carbonyl (C=O) groups excluding carboxylic acids is 1. The van der Waals surface area contributed by atoms with Gasteiger partial charge in [0.25, 0.3) is 5.91 Å². The number of ether oxygens (including phenoxy) is 1. The highest BCUT2D eigenvalue weighted by Crippen LogP contribution is 2.32. The lowest BCUT2D eigenvalue weighted by Crippen LogP contribution is -2.10. The summed E-state index contributed by atoms with van der Waals surface area (Å²) in [5, 5.41) is 3.23. The highest BCUT2D eigenvalue weighted by atomic mass is 35.5. The third-order valence-electron chi connectivity index (χ3n) is 3.79. The number of methoxy groups -OCH3 is 1. The van der Waals surface area contributed by atoms with E-state index in [2.05, 4.69) is 10.3 Å². The number of nitrogens with one attached hydrogen (secondary N) is 1. The van der Waals surface area contributed by atoms with Gasteiger partial charge < -0.3 is 18.9 Å². The maximum absolute atomic E-state index is 12.1. The number of furan rings is 1. The van der Waals surface area contributed by atoms with E-state index < -0.39 is 0 Å².